The number of Topliss-reactive ketones (excluding diaryl/α,β-unsaturated/α-hetero) is 1. The topological polar surface area (TPSA) is 98.5 Å². The van der Waals surface area contributed by atoms with E-state index in [-0.39, 0.29) is 23.8 Å². The van der Waals surface area contributed by atoms with Crippen molar-refractivity contribution in [3.8, 4) is 5.75 Å². The van der Waals surface area contributed by atoms with Gasteiger partial charge in [-0.1, -0.05) is 30.0 Å². The van der Waals surface area contributed by atoms with Crippen molar-refractivity contribution in [3.63, 3.8) is 0 Å². The summed E-state index contributed by atoms with van der Waals surface area (Å²) in [5.41, 5.74) is 1.65. The number of nitrogens with one attached hydrogen (secondary N) is 1. The maximum absolute atomic E-state index is 13.1. The third-order valence-electron chi connectivity index (χ3n) is 4.37. The van der Waals surface area contributed by atoms with Gasteiger partial charge < -0.3 is 10.1 Å². The fraction of sp³-hybridized carbons (Fsp3) is 0.130. The van der Waals surface area contributed by atoms with Crippen molar-refractivity contribution in [2.45, 2.75) is 23.1 Å². The van der Waals surface area contributed by atoms with Gasteiger partial charge in [0.2, 0.25) is 0 Å². The number of carbonyl (C=O) groups excluding carboxylic acids is 2. The number of benzene rings is 3. The average molecular weight is 436 g/mol. The fourth-order valence-electron chi connectivity index (χ4n) is 2.94. The molecule has 1 N–H and O–H groups in total. The zero-order valence-corrected chi connectivity index (χ0v) is 17.8. The van der Waals surface area contributed by atoms with Gasteiger partial charge in [-0.3, -0.25) is 19.7 Å². The van der Waals surface area contributed by atoms with Crippen LogP contribution in [-0.4, -0.2) is 23.7 Å². The number of hydrogen-bond donors (Lipinski definition) is 1. The van der Waals surface area contributed by atoms with Crippen LogP contribution in [0.3, 0.4) is 0 Å². The van der Waals surface area contributed by atoms with Crippen molar-refractivity contribution < 1.29 is 19.2 Å². The molecule has 158 valence electrons. The minimum Gasteiger partial charge on any atom is -0.495 e. The molecule has 0 saturated heterocycles. The number of carbonyl (C=O) groups is 2. The van der Waals surface area contributed by atoms with E-state index in [0.29, 0.717) is 21.9 Å². The van der Waals surface area contributed by atoms with Crippen molar-refractivity contribution in [3.05, 3.63) is 88.0 Å². The van der Waals surface area contributed by atoms with E-state index in [1.807, 2.05) is 0 Å². The minimum absolute atomic E-state index is 0.00436. The van der Waals surface area contributed by atoms with Crippen LogP contribution in [0.25, 0.3) is 0 Å². The Morgan fingerprint density at radius 1 is 1.06 bits per heavy atom. The number of non-ortho nitro benzene ring substituents is 1. The summed E-state index contributed by atoms with van der Waals surface area (Å²) in [5.74, 6) is 0.173. The number of methoxy groups -OCH3 is 1. The Morgan fingerprint density at radius 2 is 1.77 bits per heavy atom. The van der Waals surface area contributed by atoms with Gasteiger partial charge in [0.1, 0.15) is 11.5 Å². The third-order valence-corrected chi connectivity index (χ3v) is 5.46. The monoisotopic (exact) mass is 436 g/mol. The SMILES string of the molecule is COc1ccccc1NC(=O)c1cc(CC(C)=O)ccc1Sc1ccc([N+](=O)[O-])cc1. The molecule has 0 radical (unpaired) electrons. The molecule has 31 heavy (non-hydrogen) atoms. The molecule has 0 saturated carbocycles. The van der Waals surface area contributed by atoms with Gasteiger partial charge >= 0.3 is 0 Å². The number of hydrogen-bond acceptors (Lipinski definition) is 6. The maximum atomic E-state index is 13.1. The van der Waals surface area contributed by atoms with Gasteiger partial charge in [-0.05, 0) is 48.9 Å². The van der Waals surface area contributed by atoms with Gasteiger partial charge in [0.05, 0.1) is 23.3 Å². The quantitative estimate of drug-likeness (QED) is 0.388. The van der Waals surface area contributed by atoms with Gasteiger partial charge in [-0.15, -0.1) is 0 Å². The van der Waals surface area contributed by atoms with Crippen LogP contribution < -0.4 is 10.1 Å². The van der Waals surface area contributed by atoms with Gasteiger partial charge in [0.25, 0.3) is 11.6 Å². The molecule has 0 aliphatic carbocycles. The largest absolute Gasteiger partial charge is 0.495 e. The van der Waals surface area contributed by atoms with Gasteiger partial charge in [0, 0.05) is 28.3 Å². The van der Waals surface area contributed by atoms with Crippen molar-refractivity contribution in [1.82, 2.24) is 0 Å². The van der Waals surface area contributed by atoms with Gasteiger partial charge in [-0.2, -0.15) is 0 Å². The molecule has 0 aliphatic rings. The summed E-state index contributed by atoms with van der Waals surface area (Å²) in [5, 5.41) is 13.7. The van der Waals surface area contributed by atoms with Crippen LogP contribution in [0, 0.1) is 10.1 Å². The molecule has 0 heterocycles. The molecule has 7 nitrogen and oxygen atoms in total. The first-order chi connectivity index (χ1) is 14.9. The second kappa shape index (κ2) is 9.90. The summed E-state index contributed by atoms with van der Waals surface area (Å²) in [7, 11) is 1.52. The van der Waals surface area contributed by atoms with Gasteiger partial charge in [0.15, 0.2) is 0 Å². The van der Waals surface area contributed by atoms with E-state index in [1.165, 1.54) is 37.9 Å². The zero-order valence-electron chi connectivity index (χ0n) is 17.0. The highest BCUT2D eigenvalue weighted by Gasteiger charge is 2.16. The van der Waals surface area contributed by atoms with Crippen LogP contribution in [0.5, 0.6) is 5.75 Å². The second-order valence-corrected chi connectivity index (χ2v) is 7.83. The van der Waals surface area contributed by atoms with Crippen LogP contribution in [0.4, 0.5) is 11.4 Å². The third kappa shape index (κ3) is 5.70. The first-order valence-corrected chi connectivity index (χ1v) is 10.2. The van der Waals surface area contributed by atoms with Crippen molar-refractivity contribution in [2.75, 3.05) is 12.4 Å². The molecule has 0 bridgehead atoms. The molecule has 3 aromatic carbocycles. The van der Waals surface area contributed by atoms with E-state index in [9.17, 15) is 19.7 Å². The van der Waals surface area contributed by atoms with E-state index in [4.69, 9.17) is 4.74 Å². The van der Waals surface area contributed by atoms with E-state index in [1.54, 1.807) is 54.6 Å². The predicted molar refractivity (Wildman–Crippen MR) is 119 cm³/mol. The number of nitro groups is 1. The van der Waals surface area contributed by atoms with E-state index < -0.39 is 4.92 Å². The number of anilines is 1. The number of amides is 1. The van der Waals surface area contributed by atoms with Crippen molar-refractivity contribution >= 4 is 34.8 Å². The van der Waals surface area contributed by atoms with E-state index in [0.717, 1.165) is 10.5 Å². The molecule has 0 aromatic heterocycles. The molecule has 0 aliphatic heterocycles. The first-order valence-electron chi connectivity index (χ1n) is 9.36. The lowest BCUT2D eigenvalue weighted by atomic mass is 10.1. The minimum atomic E-state index is -0.461. The molecule has 0 unspecified atom stereocenters. The standard InChI is InChI=1S/C23H20N2O5S/c1-15(26)13-16-7-12-22(31-18-10-8-17(9-11-18)25(28)29)19(14-16)23(27)24-20-5-3-4-6-21(20)30-2/h3-12,14H,13H2,1-2H3,(H,24,27). The Balaban J connectivity index is 1.94. The summed E-state index contributed by atoms with van der Waals surface area (Å²) < 4.78 is 5.30. The highest BCUT2D eigenvalue weighted by atomic mass is 32.2. The van der Waals surface area contributed by atoms with Crippen LogP contribution in [-0.2, 0) is 11.2 Å². The highest BCUT2D eigenvalue weighted by Crippen LogP contribution is 2.33. The van der Waals surface area contributed by atoms with Crippen molar-refractivity contribution in [2.24, 2.45) is 0 Å². The Morgan fingerprint density at radius 3 is 2.42 bits per heavy atom. The Labute approximate surface area is 183 Å². The molecule has 3 rings (SSSR count). The maximum Gasteiger partial charge on any atom is 0.269 e. The summed E-state index contributed by atoms with van der Waals surface area (Å²) in [6.07, 6.45) is 0.220. The summed E-state index contributed by atoms with van der Waals surface area (Å²) in [4.78, 5) is 36.5. The summed E-state index contributed by atoms with van der Waals surface area (Å²) in [6.45, 7) is 1.49. The van der Waals surface area contributed by atoms with Crippen LogP contribution in [0.15, 0.2) is 76.5 Å². The molecule has 0 atom stereocenters. The second-order valence-electron chi connectivity index (χ2n) is 6.72. The van der Waals surface area contributed by atoms with Crippen LogP contribution in [0.1, 0.15) is 22.8 Å². The van der Waals surface area contributed by atoms with Crippen LogP contribution in [0.2, 0.25) is 0 Å². The molecule has 8 heteroatoms. The number of nitrogens with zero attached hydrogens (tertiary/aromatic N) is 1. The molecule has 0 fully saturated rings. The number of nitro benzene ring substituents is 1. The zero-order chi connectivity index (χ0) is 22.4. The first kappa shape index (κ1) is 22.0. The molecule has 1 amide bonds. The Bertz CT molecular complexity index is 1130. The van der Waals surface area contributed by atoms with Gasteiger partial charge in [-0.25, -0.2) is 0 Å². The number of ketones is 1. The number of ether oxygens (including phenoxy) is 1. The fourth-order valence-corrected chi connectivity index (χ4v) is 3.87. The predicted octanol–water partition coefficient (Wildman–Crippen LogP) is 5.14. The van der Waals surface area contributed by atoms with Crippen molar-refractivity contribution in [1.29, 1.82) is 0 Å². The van der Waals surface area contributed by atoms with E-state index >= 15 is 0 Å². The molecule has 0 spiro atoms. The number of para-hydroxylation sites is 2. The number of rotatable bonds is 8. The van der Waals surface area contributed by atoms with Crippen LogP contribution >= 0.6 is 11.8 Å². The Kier molecular flexibility index (Phi) is 7.04. The van der Waals surface area contributed by atoms with E-state index in [2.05, 4.69) is 5.32 Å². The lowest BCUT2D eigenvalue weighted by molar-refractivity contribution is -0.384. The average Bonchev–Trinajstić information content (AvgIpc) is 2.75. The lowest BCUT2D eigenvalue weighted by Gasteiger charge is -2.13. The summed E-state index contributed by atoms with van der Waals surface area (Å²) >= 11 is 1.31. The normalized spacial score (nSPS) is 10.4. The smallest absolute Gasteiger partial charge is 0.269 e. The lowest BCUT2D eigenvalue weighted by Crippen LogP contribution is -2.14. The molecular formula is C23H20N2O5S. The summed E-state index contributed by atoms with van der Waals surface area (Å²) in [6, 6.07) is 18.4. The molecular weight excluding hydrogens is 416 g/mol. The Hall–Kier alpha value is -3.65. The molecule has 3 aromatic rings. The highest BCUT2D eigenvalue weighted by molar-refractivity contribution is 7.99.